The van der Waals surface area contributed by atoms with E-state index in [4.69, 9.17) is 30.9 Å². The number of aryl methyl sites for hydroxylation is 2. The van der Waals surface area contributed by atoms with Gasteiger partial charge in [0.2, 0.25) is 0 Å². The maximum Gasteiger partial charge on any atom is 0.410 e. The Bertz CT molecular complexity index is 1460. The van der Waals surface area contributed by atoms with Gasteiger partial charge in [0, 0.05) is 41.0 Å². The van der Waals surface area contributed by atoms with E-state index in [0.717, 1.165) is 27.9 Å². The predicted molar refractivity (Wildman–Crippen MR) is 155 cm³/mol. The van der Waals surface area contributed by atoms with Crippen LogP contribution in [0.3, 0.4) is 0 Å². The lowest BCUT2D eigenvalue weighted by atomic mass is 9.97. The lowest BCUT2D eigenvalue weighted by Crippen LogP contribution is -2.41. The quantitative estimate of drug-likeness (QED) is 0.152. The molecule has 0 N–H and O–H groups in total. The molecule has 1 aliphatic rings. The second kappa shape index (κ2) is 11.4. The molecule has 1 amide bonds. The molecule has 12 heteroatoms. The third-order valence-electron chi connectivity index (χ3n) is 6.68. The molecule has 0 unspecified atom stereocenters. The zero-order valence-electron chi connectivity index (χ0n) is 22.9. The first-order chi connectivity index (χ1) is 18.4. The molecule has 39 heavy (non-hydrogen) atoms. The smallest absolute Gasteiger partial charge is 0.410 e. The minimum absolute atomic E-state index is 0.102. The molecular formula is C27H32ClIN4O6. The fraction of sp³-hybridized carbons (Fsp3) is 0.481. The van der Waals surface area contributed by atoms with Gasteiger partial charge in [-0.3, -0.25) is 9.48 Å². The van der Waals surface area contributed by atoms with Crippen LogP contribution < -0.4 is 0 Å². The standard InChI is InChI=1S/C27H32ClIN4O6/c1-27(2,3)39-26(36)32-11-12-33-19(14-32)22(18(13-29)30-33)21-17(28)9-7-15-16(8-10-20(34)37-5)24(25(35)38-6)31(4)23(15)21/h7,9H,8,10-14H2,1-6H3. The van der Waals surface area contributed by atoms with Gasteiger partial charge in [-0.15, -0.1) is 0 Å². The Hall–Kier alpha value is -2.80. The number of amides is 1. The molecule has 3 aromatic rings. The van der Waals surface area contributed by atoms with Crippen LogP contribution in [-0.4, -0.2) is 63.6 Å². The van der Waals surface area contributed by atoms with Crippen LogP contribution in [0.15, 0.2) is 12.1 Å². The zero-order chi connectivity index (χ0) is 28.6. The van der Waals surface area contributed by atoms with E-state index in [9.17, 15) is 14.4 Å². The highest BCUT2D eigenvalue weighted by atomic mass is 127. The summed E-state index contributed by atoms with van der Waals surface area (Å²) in [5, 5.41) is 6.11. The summed E-state index contributed by atoms with van der Waals surface area (Å²) in [6.07, 6.45) is -0.00388. The van der Waals surface area contributed by atoms with Gasteiger partial charge in [-0.1, -0.05) is 40.3 Å². The van der Waals surface area contributed by atoms with Crippen LogP contribution in [0.4, 0.5) is 4.79 Å². The molecule has 0 radical (unpaired) electrons. The summed E-state index contributed by atoms with van der Waals surface area (Å²) in [5.41, 5.74) is 4.32. The number of hydrogen-bond donors (Lipinski definition) is 0. The third-order valence-corrected chi connectivity index (χ3v) is 7.71. The van der Waals surface area contributed by atoms with Gasteiger partial charge in [0.05, 0.1) is 49.2 Å². The first kappa shape index (κ1) is 29.2. The molecule has 10 nitrogen and oxygen atoms in total. The minimum atomic E-state index is -0.617. The summed E-state index contributed by atoms with van der Waals surface area (Å²) >= 11 is 9.17. The van der Waals surface area contributed by atoms with E-state index in [2.05, 4.69) is 22.6 Å². The van der Waals surface area contributed by atoms with Crippen molar-refractivity contribution < 1.29 is 28.6 Å². The second-order valence-electron chi connectivity index (χ2n) is 10.3. The first-order valence-electron chi connectivity index (χ1n) is 12.5. The average molecular weight is 671 g/mol. The van der Waals surface area contributed by atoms with E-state index in [0.29, 0.717) is 45.9 Å². The molecule has 0 spiro atoms. The molecule has 3 heterocycles. The fourth-order valence-electron chi connectivity index (χ4n) is 5.01. The number of fused-ring (bicyclic) bond motifs is 2. The van der Waals surface area contributed by atoms with Gasteiger partial charge in [0.15, 0.2) is 0 Å². The summed E-state index contributed by atoms with van der Waals surface area (Å²) in [7, 11) is 4.44. The number of ether oxygens (including phenoxy) is 3. The Balaban J connectivity index is 1.93. The highest BCUT2D eigenvalue weighted by Crippen LogP contribution is 2.43. The van der Waals surface area contributed by atoms with E-state index in [1.54, 1.807) is 22.6 Å². The summed E-state index contributed by atoms with van der Waals surface area (Å²) in [4.78, 5) is 39.5. The van der Waals surface area contributed by atoms with Crippen LogP contribution in [0, 0.1) is 0 Å². The Morgan fingerprint density at radius 1 is 1.10 bits per heavy atom. The largest absolute Gasteiger partial charge is 0.469 e. The highest BCUT2D eigenvalue weighted by Gasteiger charge is 2.33. The first-order valence-corrected chi connectivity index (χ1v) is 14.4. The number of halogens is 2. The number of alkyl halides is 1. The van der Waals surface area contributed by atoms with Crippen LogP contribution in [0.25, 0.3) is 22.0 Å². The van der Waals surface area contributed by atoms with Crippen molar-refractivity contribution in [2.45, 2.75) is 56.7 Å². The molecule has 0 aliphatic carbocycles. The van der Waals surface area contributed by atoms with E-state index in [-0.39, 0.29) is 18.8 Å². The Morgan fingerprint density at radius 2 is 1.82 bits per heavy atom. The molecular weight excluding hydrogens is 639 g/mol. The van der Waals surface area contributed by atoms with E-state index >= 15 is 0 Å². The maximum atomic E-state index is 12.9. The van der Waals surface area contributed by atoms with Gasteiger partial charge >= 0.3 is 18.0 Å². The van der Waals surface area contributed by atoms with Crippen molar-refractivity contribution in [1.29, 1.82) is 0 Å². The van der Waals surface area contributed by atoms with Crippen molar-refractivity contribution in [1.82, 2.24) is 19.2 Å². The monoisotopic (exact) mass is 670 g/mol. The summed E-state index contributed by atoms with van der Waals surface area (Å²) in [5.74, 6) is -0.893. The molecule has 4 rings (SSSR count). The van der Waals surface area contributed by atoms with Crippen LogP contribution in [0.5, 0.6) is 0 Å². The number of carbonyl (C=O) groups is 3. The molecule has 210 valence electrons. The number of rotatable bonds is 6. The summed E-state index contributed by atoms with van der Waals surface area (Å²) in [6, 6.07) is 3.64. The topological polar surface area (TPSA) is 105 Å². The minimum Gasteiger partial charge on any atom is -0.469 e. The van der Waals surface area contributed by atoms with Crippen molar-refractivity contribution in [3.05, 3.63) is 39.8 Å². The van der Waals surface area contributed by atoms with Crippen LogP contribution in [0.1, 0.15) is 54.6 Å². The van der Waals surface area contributed by atoms with Gasteiger partial charge in [0.25, 0.3) is 0 Å². The molecule has 1 aromatic carbocycles. The Labute approximate surface area is 245 Å². The SMILES string of the molecule is COC(=O)CCc1c(C(=O)OC)n(C)c2c(-c3c(CI)nn4c3CN(C(=O)OC(C)(C)C)CC4)c(Cl)ccc12. The van der Waals surface area contributed by atoms with E-state index in [1.165, 1.54) is 14.2 Å². The number of methoxy groups -OCH3 is 2. The number of benzene rings is 1. The third kappa shape index (κ3) is 5.60. The maximum absolute atomic E-state index is 12.9. The molecule has 0 saturated carbocycles. The Kier molecular flexibility index (Phi) is 8.50. The van der Waals surface area contributed by atoms with Crippen molar-refractivity contribution >= 4 is 63.1 Å². The number of carbonyl (C=O) groups excluding carboxylic acids is 3. The fourth-order valence-corrected chi connectivity index (χ4v) is 5.80. The molecule has 0 bridgehead atoms. The average Bonchev–Trinajstić information content (AvgIpc) is 3.39. The second-order valence-corrected chi connectivity index (χ2v) is 11.5. The molecule has 0 fully saturated rings. The Morgan fingerprint density at radius 3 is 2.44 bits per heavy atom. The van der Waals surface area contributed by atoms with E-state index < -0.39 is 17.7 Å². The van der Waals surface area contributed by atoms with Gasteiger partial charge in [-0.2, -0.15) is 5.10 Å². The highest BCUT2D eigenvalue weighted by molar-refractivity contribution is 14.1. The lowest BCUT2D eigenvalue weighted by molar-refractivity contribution is -0.140. The number of esters is 2. The van der Waals surface area contributed by atoms with Gasteiger partial charge in [-0.25, -0.2) is 9.59 Å². The van der Waals surface area contributed by atoms with Crippen molar-refractivity contribution in [3.8, 4) is 11.1 Å². The van der Waals surface area contributed by atoms with Gasteiger partial charge in [0.1, 0.15) is 11.3 Å². The number of nitrogens with zero attached hydrogens (tertiary/aromatic N) is 4. The molecule has 2 aromatic heterocycles. The van der Waals surface area contributed by atoms with Crippen molar-refractivity contribution in [2.24, 2.45) is 7.05 Å². The summed E-state index contributed by atoms with van der Waals surface area (Å²) in [6.45, 7) is 6.79. The van der Waals surface area contributed by atoms with E-state index in [1.807, 2.05) is 31.5 Å². The molecule has 0 atom stereocenters. The molecule has 1 aliphatic heterocycles. The van der Waals surface area contributed by atoms with Gasteiger partial charge in [-0.05, 0) is 38.8 Å². The predicted octanol–water partition coefficient (Wildman–Crippen LogP) is 5.27. The lowest BCUT2D eigenvalue weighted by Gasteiger charge is -2.31. The zero-order valence-corrected chi connectivity index (χ0v) is 25.8. The van der Waals surface area contributed by atoms with Crippen LogP contribution in [0.2, 0.25) is 5.02 Å². The van der Waals surface area contributed by atoms with Gasteiger partial charge < -0.3 is 23.7 Å². The normalized spacial score (nSPS) is 13.4. The van der Waals surface area contributed by atoms with Crippen LogP contribution >= 0.6 is 34.2 Å². The van der Waals surface area contributed by atoms with Crippen LogP contribution in [-0.2, 0) is 50.0 Å². The number of aromatic nitrogens is 3. The van der Waals surface area contributed by atoms with Crippen molar-refractivity contribution in [2.75, 3.05) is 20.8 Å². The molecule has 0 saturated heterocycles. The van der Waals surface area contributed by atoms with Crippen molar-refractivity contribution in [3.63, 3.8) is 0 Å². The summed E-state index contributed by atoms with van der Waals surface area (Å²) < 4.78 is 19.9. The number of hydrogen-bond acceptors (Lipinski definition) is 7.